The average Bonchev–Trinajstić information content (AvgIpc) is 2.39. The quantitative estimate of drug-likeness (QED) is 0.893. The molecule has 2 rings (SSSR count). The molecule has 0 saturated carbocycles. The second-order valence-corrected chi connectivity index (χ2v) is 4.70. The van der Waals surface area contributed by atoms with E-state index in [4.69, 9.17) is 9.47 Å². The van der Waals surface area contributed by atoms with Gasteiger partial charge in [-0.1, -0.05) is 0 Å². The van der Waals surface area contributed by atoms with Gasteiger partial charge in [-0.2, -0.15) is 0 Å². The SMILES string of the molecule is COc1cc(F)cc(CC2CCNCC2)c1OC. The van der Waals surface area contributed by atoms with E-state index in [0.717, 1.165) is 37.9 Å². The Morgan fingerprint density at radius 1 is 1.22 bits per heavy atom. The van der Waals surface area contributed by atoms with Crippen molar-refractivity contribution in [2.45, 2.75) is 19.3 Å². The highest BCUT2D eigenvalue weighted by molar-refractivity contribution is 5.47. The van der Waals surface area contributed by atoms with Crippen LogP contribution in [-0.4, -0.2) is 27.3 Å². The molecular weight excluding hydrogens is 233 g/mol. The predicted molar refractivity (Wildman–Crippen MR) is 68.8 cm³/mol. The highest BCUT2D eigenvalue weighted by Crippen LogP contribution is 2.34. The fraction of sp³-hybridized carbons (Fsp3) is 0.571. The normalized spacial score (nSPS) is 16.6. The third-order valence-corrected chi connectivity index (χ3v) is 3.49. The summed E-state index contributed by atoms with van der Waals surface area (Å²) in [5, 5.41) is 3.33. The lowest BCUT2D eigenvalue weighted by Crippen LogP contribution is -2.28. The fourth-order valence-electron chi connectivity index (χ4n) is 2.55. The van der Waals surface area contributed by atoms with Gasteiger partial charge in [0.2, 0.25) is 0 Å². The Morgan fingerprint density at radius 2 is 1.94 bits per heavy atom. The summed E-state index contributed by atoms with van der Waals surface area (Å²) in [5.74, 6) is 1.46. The van der Waals surface area contributed by atoms with Crippen molar-refractivity contribution in [2.24, 2.45) is 5.92 Å². The Balaban J connectivity index is 2.21. The number of ether oxygens (including phenoxy) is 2. The molecule has 1 saturated heterocycles. The van der Waals surface area contributed by atoms with Crippen molar-refractivity contribution in [1.82, 2.24) is 5.32 Å². The zero-order chi connectivity index (χ0) is 13.0. The molecule has 3 nitrogen and oxygen atoms in total. The lowest BCUT2D eigenvalue weighted by Gasteiger charge is -2.23. The van der Waals surface area contributed by atoms with Crippen LogP contribution in [0.3, 0.4) is 0 Å². The molecule has 0 spiro atoms. The molecule has 0 unspecified atom stereocenters. The minimum absolute atomic E-state index is 0.267. The van der Waals surface area contributed by atoms with E-state index >= 15 is 0 Å². The number of piperidine rings is 1. The first-order chi connectivity index (χ1) is 8.74. The van der Waals surface area contributed by atoms with E-state index in [2.05, 4.69) is 5.32 Å². The summed E-state index contributed by atoms with van der Waals surface area (Å²) in [6.07, 6.45) is 3.10. The smallest absolute Gasteiger partial charge is 0.164 e. The van der Waals surface area contributed by atoms with Gasteiger partial charge in [-0.3, -0.25) is 0 Å². The van der Waals surface area contributed by atoms with Crippen molar-refractivity contribution in [3.63, 3.8) is 0 Å². The van der Waals surface area contributed by atoms with Gasteiger partial charge in [0.1, 0.15) is 5.82 Å². The monoisotopic (exact) mass is 253 g/mol. The molecule has 1 heterocycles. The largest absolute Gasteiger partial charge is 0.493 e. The van der Waals surface area contributed by atoms with Crippen molar-refractivity contribution < 1.29 is 13.9 Å². The van der Waals surface area contributed by atoms with Crippen molar-refractivity contribution >= 4 is 0 Å². The molecule has 1 aliphatic rings. The van der Waals surface area contributed by atoms with Gasteiger partial charge in [-0.05, 0) is 44.3 Å². The topological polar surface area (TPSA) is 30.5 Å². The summed E-state index contributed by atoms with van der Waals surface area (Å²) < 4.78 is 24.1. The highest BCUT2D eigenvalue weighted by atomic mass is 19.1. The maximum atomic E-state index is 13.5. The summed E-state index contributed by atoms with van der Waals surface area (Å²) in [5.41, 5.74) is 0.904. The Bertz CT molecular complexity index is 403. The van der Waals surface area contributed by atoms with E-state index in [1.165, 1.54) is 13.2 Å². The summed E-state index contributed by atoms with van der Waals surface area (Å²) in [6, 6.07) is 2.92. The minimum atomic E-state index is -0.267. The van der Waals surface area contributed by atoms with Gasteiger partial charge in [0.25, 0.3) is 0 Å². The minimum Gasteiger partial charge on any atom is -0.493 e. The van der Waals surface area contributed by atoms with Crippen molar-refractivity contribution in [3.8, 4) is 11.5 Å². The molecule has 1 aromatic rings. The number of halogens is 1. The third kappa shape index (κ3) is 2.93. The van der Waals surface area contributed by atoms with E-state index in [1.54, 1.807) is 13.2 Å². The van der Waals surface area contributed by atoms with E-state index in [9.17, 15) is 4.39 Å². The van der Waals surface area contributed by atoms with Crippen LogP contribution in [0, 0.1) is 11.7 Å². The van der Waals surface area contributed by atoms with E-state index < -0.39 is 0 Å². The van der Waals surface area contributed by atoms with E-state index in [0.29, 0.717) is 17.4 Å². The van der Waals surface area contributed by atoms with Gasteiger partial charge < -0.3 is 14.8 Å². The lowest BCUT2D eigenvalue weighted by molar-refractivity contribution is 0.336. The number of benzene rings is 1. The molecule has 0 amide bonds. The third-order valence-electron chi connectivity index (χ3n) is 3.49. The molecule has 1 aromatic carbocycles. The fourth-order valence-corrected chi connectivity index (χ4v) is 2.55. The Morgan fingerprint density at radius 3 is 2.56 bits per heavy atom. The van der Waals surface area contributed by atoms with Crippen molar-refractivity contribution in [2.75, 3.05) is 27.3 Å². The lowest BCUT2D eigenvalue weighted by atomic mass is 9.90. The van der Waals surface area contributed by atoms with Crippen LogP contribution in [0.15, 0.2) is 12.1 Å². The molecule has 1 fully saturated rings. The summed E-state index contributed by atoms with van der Waals surface area (Å²) >= 11 is 0. The molecule has 0 radical (unpaired) electrons. The Kier molecular flexibility index (Phi) is 4.42. The number of hydrogen-bond acceptors (Lipinski definition) is 3. The molecule has 0 bridgehead atoms. The second kappa shape index (κ2) is 6.05. The number of methoxy groups -OCH3 is 2. The van der Waals surface area contributed by atoms with Crippen LogP contribution in [-0.2, 0) is 6.42 Å². The molecule has 18 heavy (non-hydrogen) atoms. The molecule has 0 aliphatic carbocycles. The first-order valence-electron chi connectivity index (χ1n) is 6.35. The molecular formula is C14H20FNO2. The molecule has 0 aromatic heterocycles. The zero-order valence-electron chi connectivity index (χ0n) is 11.0. The number of rotatable bonds is 4. The summed E-state index contributed by atoms with van der Waals surface area (Å²) in [6.45, 7) is 2.08. The van der Waals surface area contributed by atoms with Crippen LogP contribution in [0.2, 0.25) is 0 Å². The van der Waals surface area contributed by atoms with Gasteiger partial charge in [-0.15, -0.1) is 0 Å². The van der Waals surface area contributed by atoms with Crippen molar-refractivity contribution in [3.05, 3.63) is 23.5 Å². The molecule has 1 aliphatic heterocycles. The average molecular weight is 253 g/mol. The Labute approximate surface area is 107 Å². The highest BCUT2D eigenvalue weighted by Gasteiger charge is 2.18. The summed E-state index contributed by atoms with van der Waals surface area (Å²) in [4.78, 5) is 0. The molecule has 4 heteroatoms. The van der Waals surface area contributed by atoms with Crippen LogP contribution < -0.4 is 14.8 Å². The van der Waals surface area contributed by atoms with Gasteiger partial charge >= 0.3 is 0 Å². The van der Waals surface area contributed by atoms with Gasteiger partial charge in [0.05, 0.1) is 14.2 Å². The first kappa shape index (κ1) is 13.1. The molecule has 0 atom stereocenters. The molecule has 100 valence electrons. The van der Waals surface area contributed by atoms with Crippen LogP contribution in [0.1, 0.15) is 18.4 Å². The maximum Gasteiger partial charge on any atom is 0.164 e. The van der Waals surface area contributed by atoms with Crippen LogP contribution in [0.25, 0.3) is 0 Å². The van der Waals surface area contributed by atoms with E-state index in [1.807, 2.05) is 0 Å². The zero-order valence-corrected chi connectivity index (χ0v) is 11.0. The number of hydrogen-bond donors (Lipinski definition) is 1. The Hall–Kier alpha value is -1.29. The van der Waals surface area contributed by atoms with Gasteiger partial charge in [-0.25, -0.2) is 4.39 Å². The van der Waals surface area contributed by atoms with Gasteiger partial charge in [0, 0.05) is 11.6 Å². The summed E-state index contributed by atoms with van der Waals surface area (Å²) in [7, 11) is 3.13. The molecule has 1 N–H and O–H groups in total. The second-order valence-electron chi connectivity index (χ2n) is 4.70. The van der Waals surface area contributed by atoms with Crippen LogP contribution >= 0.6 is 0 Å². The van der Waals surface area contributed by atoms with E-state index in [-0.39, 0.29) is 5.82 Å². The van der Waals surface area contributed by atoms with Crippen LogP contribution in [0.5, 0.6) is 11.5 Å². The maximum absolute atomic E-state index is 13.5. The van der Waals surface area contributed by atoms with Crippen LogP contribution in [0.4, 0.5) is 4.39 Å². The number of nitrogens with one attached hydrogen (secondary N) is 1. The predicted octanol–water partition coefficient (Wildman–Crippen LogP) is 2.39. The van der Waals surface area contributed by atoms with Gasteiger partial charge in [0.15, 0.2) is 11.5 Å². The van der Waals surface area contributed by atoms with Crippen molar-refractivity contribution in [1.29, 1.82) is 0 Å². The first-order valence-corrected chi connectivity index (χ1v) is 6.35. The standard InChI is InChI=1S/C14H20FNO2/c1-17-13-9-12(15)8-11(14(13)18-2)7-10-3-5-16-6-4-10/h8-10,16H,3-7H2,1-2H3.